The predicted octanol–water partition coefficient (Wildman–Crippen LogP) is 2.28. The molecule has 1 N–H and O–H groups in total. The largest absolute Gasteiger partial charge is 0.316 e. The summed E-state index contributed by atoms with van der Waals surface area (Å²) in [6.07, 6.45) is 1.25. The Morgan fingerprint density at radius 3 is 2.53 bits per heavy atom. The van der Waals surface area contributed by atoms with Crippen LogP contribution in [0.5, 0.6) is 0 Å². The molecule has 0 radical (unpaired) electrons. The van der Waals surface area contributed by atoms with Gasteiger partial charge in [-0.05, 0) is 38.3 Å². The molecule has 114 valence electrons. The average Bonchev–Trinajstić information content (AvgIpc) is 2.32. The Labute approximate surface area is 120 Å². The summed E-state index contributed by atoms with van der Waals surface area (Å²) in [5, 5.41) is 3.65. The Hall–Kier alpha value is -0.120. The molecule has 0 aromatic rings. The smallest absolute Gasteiger partial charge is 0.0195 e. The number of likely N-dealkylation sites (N-methyl/N-ethyl adjacent to an activating group) is 1. The highest BCUT2D eigenvalue weighted by Crippen LogP contribution is 2.24. The minimum absolute atomic E-state index is 0.402. The third-order valence-corrected chi connectivity index (χ3v) is 4.51. The van der Waals surface area contributed by atoms with Gasteiger partial charge in [0.2, 0.25) is 0 Å². The van der Waals surface area contributed by atoms with E-state index in [1.807, 2.05) is 0 Å². The van der Waals surface area contributed by atoms with Gasteiger partial charge in [0.15, 0.2) is 0 Å². The molecule has 1 aliphatic rings. The van der Waals surface area contributed by atoms with Crippen LogP contribution in [0.15, 0.2) is 0 Å². The summed E-state index contributed by atoms with van der Waals surface area (Å²) < 4.78 is 0. The van der Waals surface area contributed by atoms with Crippen LogP contribution in [0.4, 0.5) is 0 Å². The Morgan fingerprint density at radius 2 is 2.00 bits per heavy atom. The van der Waals surface area contributed by atoms with E-state index in [4.69, 9.17) is 0 Å². The molecule has 1 aliphatic heterocycles. The molecule has 1 heterocycles. The second-order valence-electron chi connectivity index (χ2n) is 7.27. The van der Waals surface area contributed by atoms with Crippen molar-refractivity contribution >= 4 is 0 Å². The van der Waals surface area contributed by atoms with Crippen LogP contribution < -0.4 is 5.32 Å². The van der Waals surface area contributed by atoms with Crippen LogP contribution in [0.25, 0.3) is 0 Å². The Kier molecular flexibility index (Phi) is 6.78. The number of rotatable bonds is 7. The monoisotopic (exact) mass is 269 g/mol. The Morgan fingerprint density at radius 1 is 1.32 bits per heavy atom. The molecule has 19 heavy (non-hydrogen) atoms. The van der Waals surface area contributed by atoms with Crippen molar-refractivity contribution in [3.63, 3.8) is 0 Å². The molecule has 0 saturated carbocycles. The minimum Gasteiger partial charge on any atom is -0.316 e. The lowest BCUT2D eigenvalue weighted by Crippen LogP contribution is -2.54. The number of nitrogens with zero attached hydrogens (tertiary/aromatic N) is 2. The van der Waals surface area contributed by atoms with Gasteiger partial charge in [-0.3, -0.25) is 4.90 Å². The van der Waals surface area contributed by atoms with Gasteiger partial charge >= 0.3 is 0 Å². The van der Waals surface area contributed by atoms with Crippen molar-refractivity contribution in [3.8, 4) is 0 Å². The van der Waals surface area contributed by atoms with E-state index in [2.05, 4.69) is 56.8 Å². The van der Waals surface area contributed by atoms with Crippen LogP contribution in [0.2, 0.25) is 0 Å². The van der Waals surface area contributed by atoms with E-state index in [1.165, 1.54) is 32.6 Å². The van der Waals surface area contributed by atoms with E-state index in [0.29, 0.717) is 11.5 Å². The summed E-state index contributed by atoms with van der Waals surface area (Å²) in [5.74, 6) is 0.740. The average molecular weight is 269 g/mol. The van der Waals surface area contributed by atoms with Crippen LogP contribution >= 0.6 is 0 Å². The fraction of sp³-hybridized carbons (Fsp3) is 1.00. The van der Waals surface area contributed by atoms with Crippen molar-refractivity contribution < 1.29 is 0 Å². The van der Waals surface area contributed by atoms with Crippen LogP contribution in [0.3, 0.4) is 0 Å². The molecule has 1 saturated heterocycles. The summed E-state index contributed by atoms with van der Waals surface area (Å²) in [6, 6.07) is 0.690. The maximum absolute atomic E-state index is 3.65. The lowest BCUT2D eigenvalue weighted by molar-refractivity contribution is 0.0578. The summed E-state index contributed by atoms with van der Waals surface area (Å²) in [6.45, 7) is 18.8. The molecule has 3 heteroatoms. The lowest BCUT2D eigenvalue weighted by atomic mass is 9.86. The van der Waals surface area contributed by atoms with Crippen molar-refractivity contribution in [2.75, 3.05) is 46.3 Å². The maximum atomic E-state index is 3.65. The first-order valence-electron chi connectivity index (χ1n) is 7.99. The zero-order chi connectivity index (χ0) is 14.5. The predicted molar refractivity (Wildman–Crippen MR) is 84.6 cm³/mol. The molecule has 0 aromatic carbocycles. The highest BCUT2D eigenvalue weighted by Gasteiger charge is 2.29. The van der Waals surface area contributed by atoms with E-state index >= 15 is 0 Å². The number of hydrogen-bond acceptors (Lipinski definition) is 3. The first kappa shape index (κ1) is 16.9. The van der Waals surface area contributed by atoms with Gasteiger partial charge in [-0.25, -0.2) is 0 Å². The maximum Gasteiger partial charge on any atom is 0.0195 e. The second-order valence-corrected chi connectivity index (χ2v) is 7.27. The highest BCUT2D eigenvalue weighted by atomic mass is 15.3. The quantitative estimate of drug-likeness (QED) is 0.765. The van der Waals surface area contributed by atoms with Gasteiger partial charge in [-0.1, -0.05) is 27.7 Å². The van der Waals surface area contributed by atoms with E-state index < -0.39 is 0 Å². The minimum atomic E-state index is 0.402. The fourth-order valence-corrected chi connectivity index (χ4v) is 2.86. The van der Waals surface area contributed by atoms with Crippen LogP contribution in [0.1, 0.15) is 41.0 Å². The van der Waals surface area contributed by atoms with Gasteiger partial charge < -0.3 is 10.2 Å². The fourth-order valence-electron chi connectivity index (χ4n) is 2.86. The Balaban J connectivity index is 2.45. The first-order chi connectivity index (χ1) is 8.86. The summed E-state index contributed by atoms with van der Waals surface area (Å²) in [7, 11) is 2.23. The second kappa shape index (κ2) is 7.61. The molecule has 0 amide bonds. The molecule has 2 atom stereocenters. The van der Waals surface area contributed by atoms with Gasteiger partial charge in [0.1, 0.15) is 0 Å². The number of piperazine rings is 1. The normalized spacial score (nSPS) is 25.7. The molecule has 0 aromatic heterocycles. The first-order valence-corrected chi connectivity index (χ1v) is 7.99. The summed E-state index contributed by atoms with van der Waals surface area (Å²) >= 11 is 0. The van der Waals surface area contributed by atoms with Crippen molar-refractivity contribution in [1.82, 2.24) is 15.1 Å². The number of hydrogen-bond donors (Lipinski definition) is 1. The van der Waals surface area contributed by atoms with Crippen molar-refractivity contribution in [3.05, 3.63) is 0 Å². The van der Waals surface area contributed by atoms with Gasteiger partial charge in [-0.15, -0.1) is 0 Å². The Bertz CT molecular complexity index is 254. The molecule has 2 unspecified atom stereocenters. The highest BCUT2D eigenvalue weighted by molar-refractivity contribution is 4.85. The SMILES string of the molecule is CCC(C)(CNCC(C)C)CN1CCN(C)CC1C. The molecule has 1 rings (SSSR count). The standard InChI is InChI=1S/C16H35N3/c1-7-16(5,12-17-10-14(2)3)13-19-9-8-18(6)11-15(19)4/h14-15,17H,7-13H2,1-6H3. The van der Waals surface area contributed by atoms with E-state index in [-0.39, 0.29) is 0 Å². The number of nitrogens with one attached hydrogen (secondary N) is 1. The van der Waals surface area contributed by atoms with Crippen LogP contribution in [-0.2, 0) is 0 Å². The van der Waals surface area contributed by atoms with Crippen molar-refractivity contribution in [2.45, 2.75) is 47.1 Å². The van der Waals surface area contributed by atoms with Gasteiger partial charge in [0.25, 0.3) is 0 Å². The molecular weight excluding hydrogens is 234 g/mol. The van der Waals surface area contributed by atoms with Gasteiger partial charge in [0.05, 0.1) is 0 Å². The lowest BCUT2D eigenvalue weighted by Gasteiger charge is -2.43. The van der Waals surface area contributed by atoms with Crippen molar-refractivity contribution in [2.24, 2.45) is 11.3 Å². The topological polar surface area (TPSA) is 18.5 Å². The van der Waals surface area contributed by atoms with E-state index in [9.17, 15) is 0 Å². The summed E-state index contributed by atoms with van der Waals surface area (Å²) in [4.78, 5) is 5.13. The van der Waals surface area contributed by atoms with E-state index in [1.54, 1.807) is 0 Å². The van der Waals surface area contributed by atoms with Gasteiger partial charge in [0, 0.05) is 38.8 Å². The molecule has 0 bridgehead atoms. The zero-order valence-corrected chi connectivity index (χ0v) is 14.0. The zero-order valence-electron chi connectivity index (χ0n) is 14.0. The summed E-state index contributed by atoms with van der Waals surface area (Å²) in [5.41, 5.74) is 0.402. The molecule has 3 nitrogen and oxygen atoms in total. The molecule has 0 spiro atoms. The molecule has 1 fully saturated rings. The third-order valence-electron chi connectivity index (χ3n) is 4.51. The molecule has 0 aliphatic carbocycles. The van der Waals surface area contributed by atoms with Crippen LogP contribution in [0, 0.1) is 11.3 Å². The van der Waals surface area contributed by atoms with Gasteiger partial charge in [-0.2, -0.15) is 0 Å². The third kappa shape index (κ3) is 5.80. The van der Waals surface area contributed by atoms with E-state index in [0.717, 1.165) is 19.0 Å². The molecular formula is C16H35N3. The van der Waals surface area contributed by atoms with Crippen molar-refractivity contribution in [1.29, 1.82) is 0 Å². The van der Waals surface area contributed by atoms with Crippen LogP contribution in [-0.4, -0.2) is 62.2 Å².